The van der Waals surface area contributed by atoms with E-state index in [1.807, 2.05) is 19.1 Å². The van der Waals surface area contributed by atoms with Crippen molar-refractivity contribution >= 4 is 17.7 Å². The number of hydrogen-bond acceptors (Lipinski definition) is 4. The lowest BCUT2D eigenvalue weighted by Gasteiger charge is -2.07. The summed E-state index contributed by atoms with van der Waals surface area (Å²) < 4.78 is 4.59. The summed E-state index contributed by atoms with van der Waals surface area (Å²) in [6, 6.07) is 8.28. The monoisotopic (exact) mass is 253 g/mol. The number of nitrogens with two attached hydrogens (primary N) is 1. The molecule has 0 saturated carbocycles. The van der Waals surface area contributed by atoms with Crippen molar-refractivity contribution in [1.29, 1.82) is 0 Å². The molecule has 94 valence electrons. The molecule has 4 heteroatoms. The van der Waals surface area contributed by atoms with E-state index >= 15 is 0 Å². The average Bonchev–Trinajstić information content (AvgIpc) is 2.34. The summed E-state index contributed by atoms with van der Waals surface area (Å²) in [5.74, 6) is 0.771. The van der Waals surface area contributed by atoms with Crippen LogP contribution in [0.1, 0.15) is 31.4 Å². The quantitative estimate of drug-likeness (QED) is 0.481. The van der Waals surface area contributed by atoms with E-state index in [1.54, 1.807) is 11.8 Å². The molecule has 3 nitrogen and oxygen atoms in total. The molecule has 0 heterocycles. The van der Waals surface area contributed by atoms with Crippen LogP contribution in [0, 0.1) is 0 Å². The number of methoxy groups -OCH3 is 1. The second kappa shape index (κ2) is 7.35. The minimum Gasteiger partial charge on any atom is -0.469 e. The minimum atomic E-state index is -0.144. The largest absolute Gasteiger partial charge is 0.469 e. The van der Waals surface area contributed by atoms with E-state index in [1.165, 1.54) is 12.0 Å². The third-order valence-corrected chi connectivity index (χ3v) is 3.49. The Morgan fingerprint density at radius 3 is 2.94 bits per heavy atom. The van der Waals surface area contributed by atoms with E-state index in [2.05, 4.69) is 16.9 Å². The molecule has 0 bridgehead atoms. The molecule has 0 radical (unpaired) electrons. The van der Waals surface area contributed by atoms with Gasteiger partial charge in [-0.3, -0.25) is 4.79 Å². The predicted molar refractivity (Wildman–Crippen MR) is 71.0 cm³/mol. The van der Waals surface area contributed by atoms with Gasteiger partial charge in [-0.05, 0) is 36.8 Å². The van der Waals surface area contributed by atoms with Crippen LogP contribution < -0.4 is 5.73 Å². The summed E-state index contributed by atoms with van der Waals surface area (Å²) in [6.45, 7) is 1.97. The Balaban J connectivity index is 2.36. The van der Waals surface area contributed by atoms with E-state index < -0.39 is 0 Å². The van der Waals surface area contributed by atoms with Gasteiger partial charge in [0.1, 0.15) is 0 Å². The topological polar surface area (TPSA) is 52.3 Å². The highest BCUT2D eigenvalue weighted by Crippen LogP contribution is 2.22. The number of carbonyl (C=O) groups excluding carboxylic acids is 1. The lowest BCUT2D eigenvalue weighted by molar-refractivity contribution is -0.140. The Kier molecular flexibility index (Phi) is 6.08. The second-order valence-corrected chi connectivity index (χ2v) is 5.06. The molecule has 0 aromatic heterocycles. The van der Waals surface area contributed by atoms with Gasteiger partial charge in [-0.25, -0.2) is 0 Å². The van der Waals surface area contributed by atoms with Crippen LogP contribution in [-0.4, -0.2) is 18.8 Å². The summed E-state index contributed by atoms with van der Waals surface area (Å²) in [4.78, 5) is 12.1. The van der Waals surface area contributed by atoms with Crippen LogP contribution in [-0.2, 0) is 9.53 Å². The van der Waals surface area contributed by atoms with Crippen molar-refractivity contribution in [1.82, 2.24) is 0 Å². The maximum atomic E-state index is 10.9. The fourth-order valence-electron chi connectivity index (χ4n) is 1.40. The van der Waals surface area contributed by atoms with Crippen molar-refractivity contribution in [3.63, 3.8) is 0 Å². The first-order valence-corrected chi connectivity index (χ1v) is 6.67. The van der Waals surface area contributed by atoms with E-state index in [9.17, 15) is 4.79 Å². The number of thioether (sulfide) groups is 1. The van der Waals surface area contributed by atoms with Gasteiger partial charge < -0.3 is 10.5 Å². The molecule has 0 aliphatic heterocycles. The Hall–Kier alpha value is -1.00. The number of ether oxygens (including phenoxy) is 1. The van der Waals surface area contributed by atoms with Crippen LogP contribution in [0.15, 0.2) is 29.2 Å². The normalized spacial score (nSPS) is 12.2. The minimum absolute atomic E-state index is 0.0608. The maximum Gasteiger partial charge on any atom is 0.305 e. The van der Waals surface area contributed by atoms with Crippen LogP contribution in [0.25, 0.3) is 0 Å². The highest BCUT2D eigenvalue weighted by Gasteiger charge is 2.02. The van der Waals surface area contributed by atoms with Crippen LogP contribution in [0.2, 0.25) is 0 Å². The zero-order valence-electron chi connectivity index (χ0n) is 10.3. The molecular formula is C13H19NO2S. The Bertz CT molecular complexity index is 366. The van der Waals surface area contributed by atoms with E-state index in [0.717, 1.165) is 17.7 Å². The molecule has 0 aliphatic carbocycles. The van der Waals surface area contributed by atoms with Gasteiger partial charge in [0.05, 0.1) is 7.11 Å². The summed E-state index contributed by atoms with van der Waals surface area (Å²) in [5, 5.41) is 0. The zero-order chi connectivity index (χ0) is 12.7. The molecule has 0 spiro atoms. The molecule has 1 atom stereocenters. The molecule has 1 unspecified atom stereocenters. The number of benzene rings is 1. The van der Waals surface area contributed by atoms with Gasteiger partial charge in [-0.2, -0.15) is 0 Å². The van der Waals surface area contributed by atoms with Gasteiger partial charge in [0.15, 0.2) is 0 Å². The molecule has 0 amide bonds. The van der Waals surface area contributed by atoms with E-state index in [0.29, 0.717) is 6.42 Å². The Labute approximate surface area is 107 Å². The molecule has 0 saturated heterocycles. The predicted octanol–water partition coefficient (Wildman–Crippen LogP) is 2.75. The fraction of sp³-hybridized carbons (Fsp3) is 0.462. The van der Waals surface area contributed by atoms with Gasteiger partial charge in [0.25, 0.3) is 0 Å². The SMILES string of the molecule is COC(=O)CCCSc1cccc(C(C)N)c1. The highest BCUT2D eigenvalue weighted by molar-refractivity contribution is 7.99. The first kappa shape index (κ1) is 14.1. The van der Waals surface area contributed by atoms with Crippen LogP contribution in [0.4, 0.5) is 0 Å². The molecule has 1 aromatic carbocycles. The van der Waals surface area contributed by atoms with Gasteiger partial charge in [0, 0.05) is 17.4 Å². The zero-order valence-corrected chi connectivity index (χ0v) is 11.1. The summed E-state index contributed by atoms with van der Waals surface area (Å²) in [6.07, 6.45) is 1.32. The molecular weight excluding hydrogens is 234 g/mol. The van der Waals surface area contributed by atoms with E-state index in [-0.39, 0.29) is 12.0 Å². The third-order valence-electron chi connectivity index (χ3n) is 2.41. The van der Waals surface area contributed by atoms with Crippen LogP contribution >= 0.6 is 11.8 Å². The van der Waals surface area contributed by atoms with Crippen molar-refractivity contribution < 1.29 is 9.53 Å². The number of carbonyl (C=O) groups is 1. The fourth-order valence-corrected chi connectivity index (χ4v) is 2.31. The van der Waals surface area contributed by atoms with Crippen molar-refractivity contribution in [3.05, 3.63) is 29.8 Å². The van der Waals surface area contributed by atoms with E-state index in [4.69, 9.17) is 5.73 Å². The average molecular weight is 253 g/mol. The Morgan fingerprint density at radius 1 is 1.53 bits per heavy atom. The molecule has 0 aliphatic rings. The molecule has 1 rings (SSSR count). The first-order chi connectivity index (χ1) is 8.13. The summed E-state index contributed by atoms with van der Waals surface area (Å²) >= 11 is 1.74. The van der Waals surface area contributed by atoms with Crippen LogP contribution in [0.5, 0.6) is 0 Å². The number of hydrogen-bond donors (Lipinski definition) is 1. The summed E-state index contributed by atoms with van der Waals surface area (Å²) in [5.41, 5.74) is 6.97. The van der Waals surface area contributed by atoms with Gasteiger partial charge >= 0.3 is 5.97 Å². The maximum absolute atomic E-state index is 10.9. The molecule has 1 aromatic rings. The second-order valence-electron chi connectivity index (χ2n) is 3.89. The van der Waals surface area contributed by atoms with Crippen molar-refractivity contribution in [2.75, 3.05) is 12.9 Å². The van der Waals surface area contributed by atoms with Crippen molar-refractivity contribution in [2.24, 2.45) is 5.73 Å². The standard InChI is InChI=1S/C13H19NO2S/c1-10(14)11-5-3-6-12(9-11)17-8-4-7-13(15)16-2/h3,5-6,9-10H,4,7-8,14H2,1-2H3. The van der Waals surface area contributed by atoms with Gasteiger partial charge in [-0.1, -0.05) is 12.1 Å². The lowest BCUT2D eigenvalue weighted by Crippen LogP contribution is -2.04. The number of esters is 1. The smallest absolute Gasteiger partial charge is 0.305 e. The lowest BCUT2D eigenvalue weighted by atomic mass is 10.1. The highest BCUT2D eigenvalue weighted by atomic mass is 32.2. The molecule has 17 heavy (non-hydrogen) atoms. The third kappa shape index (κ3) is 5.24. The molecule has 2 N–H and O–H groups in total. The first-order valence-electron chi connectivity index (χ1n) is 5.68. The van der Waals surface area contributed by atoms with Crippen molar-refractivity contribution in [2.45, 2.75) is 30.7 Å². The van der Waals surface area contributed by atoms with Crippen LogP contribution in [0.3, 0.4) is 0 Å². The summed E-state index contributed by atoms with van der Waals surface area (Å²) in [7, 11) is 1.42. The van der Waals surface area contributed by atoms with Crippen molar-refractivity contribution in [3.8, 4) is 0 Å². The number of rotatable bonds is 6. The Morgan fingerprint density at radius 2 is 2.29 bits per heavy atom. The molecule has 0 fully saturated rings. The van der Waals surface area contributed by atoms with Gasteiger partial charge in [0.2, 0.25) is 0 Å². The van der Waals surface area contributed by atoms with Gasteiger partial charge in [-0.15, -0.1) is 11.8 Å².